The Morgan fingerprint density at radius 2 is 2.33 bits per heavy atom. The minimum absolute atomic E-state index is 0.215. The van der Waals surface area contributed by atoms with Gasteiger partial charge in [0.1, 0.15) is 5.69 Å². The molecule has 2 rings (SSSR count). The van der Waals surface area contributed by atoms with Gasteiger partial charge >= 0.3 is 0 Å². The van der Waals surface area contributed by atoms with Crippen LogP contribution in [0.25, 0.3) is 0 Å². The summed E-state index contributed by atoms with van der Waals surface area (Å²) in [5.74, 6) is 5.41. The maximum absolute atomic E-state index is 12.3. The summed E-state index contributed by atoms with van der Waals surface area (Å²) in [6.45, 7) is 2.87. The van der Waals surface area contributed by atoms with E-state index in [0.717, 1.165) is 6.42 Å². The third-order valence-corrected chi connectivity index (χ3v) is 3.94. The van der Waals surface area contributed by atoms with E-state index in [1.54, 1.807) is 29.7 Å². The highest BCUT2D eigenvalue weighted by atomic mass is 32.1. The lowest BCUT2D eigenvalue weighted by atomic mass is 10.1. The highest BCUT2D eigenvalue weighted by Crippen LogP contribution is 2.17. The Bertz CT molecular complexity index is 682. The zero-order chi connectivity index (χ0) is 15.1. The van der Waals surface area contributed by atoms with E-state index in [-0.39, 0.29) is 12.5 Å². The number of hydrogen-bond donors (Lipinski definition) is 2. The zero-order valence-electron chi connectivity index (χ0n) is 11.8. The van der Waals surface area contributed by atoms with Crippen LogP contribution >= 0.6 is 11.3 Å². The monoisotopic (exact) mass is 299 g/mol. The molecule has 0 bridgehead atoms. The van der Waals surface area contributed by atoms with Gasteiger partial charge in [0, 0.05) is 11.1 Å². The van der Waals surface area contributed by atoms with Crippen molar-refractivity contribution in [3.8, 4) is 11.8 Å². The van der Waals surface area contributed by atoms with Crippen LogP contribution in [0.2, 0.25) is 0 Å². The number of aryl methyl sites for hydroxylation is 1. The van der Waals surface area contributed by atoms with Crippen LogP contribution in [0.1, 0.15) is 33.4 Å². The number of thiophene rings is 1. The Labute approximate surface area is 128 Å². The molecule has 0 aliphatic carbocycles. The van der Waals surface area contributed by atoms with Crippen LogP contribution in [-0.2, 0) is 13.0 Å². The molecule has 3 N–H and O–H groups in total. The number of carbonyl (C=O) groups excluding carboxylic acids is 1. The fourth-order valence-electron chi connectivity index (χ4n) is 1.91. The molecule has 0 aromatic carbocycles. The second kappa shape index (κ2) is 7.58. The average molecular weight is 299 g/mol. The van der Waals surface area contributed by atoms with Crippen LogP contribution in [0.3, 0.4) is 0 Å². The summed E-state index contributed by atoms with van der Waals surface area (Å²) in [6, 6.07) is 5.62. The van der Waals surface area contributed by atoms with Gasteiger partial charge in [-0.25, -0.2) is 4.98 Å². The van der Waals surface area contributed by atoms with Crippen molar-refractivity contribution in [1.82, 2.24) is 10.3 Å². The predicted octanol–water partition coefficient (Wildman–Crippen LogP) is 1.95. The van der Waals surface area contributed by atoms with Crippen molar-refractivity contribution in [3.63, 3.8) is 0 Å². The van der Waals surface area contributed by atoms with Crippen molar-refractivity contribution in [1.29, 1.82) is 0 Å². The minimum atomic E-state index is -0.215. The maximum Gasteiger partial charge on any atom is 0.271 e. The predicted molar refractivity (Wildman–Crippen MR) is 85.0 cm³/mol. The highest BCUT2D eigenvalue weighted by molar-refractivity contribution is 7.10. The van der Waals surface area contributed by atoms with E-state index >= 15 is 0 Å². The first-order valence-electron chi connectivity index (χ1n) is 6.73. The molecular formula is C16H17N3OS. The van der Waals surface area contributed by atoms with Gasteiger partial charge in [-0.3, -0.25) is 4.79 Å². The highest BCUT2D eigenvalue weighted by Gasteiger charge is 2.12. The van der Waals surface area contributed by atoms with Crippen molar-refractivity contribution in [2.24, 2.45) is 5.73 Å². The van der Waals surface area contributed by atoms with Gasteiger partial charge < -0.3 is 11.1 Å². The van der Waals surface area contributed by atoms with Crippen molar-refractivity contribution >= 4 is 17.2 Å². The summed E-state index contributed by atoms with van der Waals surface area (Å²) >= 11 is 1.65. The van der Waals surface area contributed by atoms with Gasteiger partial charge in [0.15, 0.2) is 0 Å². The number of nitrogens with one attached hydrogen (secondary N) is 1. The van der Waals surface area contributed by atoms with Crippen LogP contribution in [0.5, 0.6) is 0 Å². The standard InChI is InChI=1S/C16H17N3OS/c1-2-12-7-10-21-14(12)11-19-16(20)15-13(5-3-8-17)6-4-9-18-15/h4,6-7,9-10H,2,8,11,17H2,1H3,(H,19,20). The van der Waals surface area contributed by atoms with Gasteiger partial charge in [-0.1, -0.05) is 18.8 Å². The van der Waals surface area contributed by atoms with Gasteiger partial charge in [-0.05, 0) is 35.6 Å². The Balaban J connectivity index is 2.10. The molecule has 0 spiro atoms. The molecule has 0 unspecified atom stereocenters. The van der Waals surface area contributed by atoms with Crippen molar-refractivity contribution in [3.05, 3.63) is 51.5 Å². The second-order valence-corrected chi connectivity index (χ2v) is 5.31. The number of carbonyl (C=O) groups is 1. The Hall–Kier alpha value is -2.16. The summed E-state index contributed by atoms with van der Waals surface area (Å²) in [5, 5.41) is 4.94. The number of pyridine rings is 1. The van der Waals surface area contributed by atoms with Gasteiger partial charge in [0.25, 0.3) is 5.91 Å². The third-order valence-electron chi connectivity index (χ3n) is 2.98. The molecule has 1 amide bonds. The van der Waals surface area contributed by atoms with Gasteiger partial charge in [-0.15, -0.1) is 11.3 Å². The molecular weight excluding hydrogens is 282 g/mol. The molecule has 0 atom stereocenters. The van der Waals surface area contributed by atoms with E-state index in [2.05, 4.69) is 35.1 Å². The Morgan fingerprint density at radius 3 is 3.10 bits per heavy atom. The first-order valence-corrected chi connectivity index (χ1v) is 7.61. The first kappa shape index (κ1) is 15.2. The topological polar surface area (TPSA) is 68.0 Å². The Morgan fingerprint density at radius 1 is 1.48 bits per heavy atom. The summed E-state index contributed by atoms with van der Waals surface area (Å²) in [5.41, 5.74) is 7.57. The number of rotatable bonds is 4. The van der Waals surface area contributed by atoms with Gasteiger partial charge in [0.2, 0.25) is 0 Å². The maximum atomic E-state index is 12.3. The summed E-state index contributed by atoms with van der Waals surface area (Å²) < 4.78 is 0. The van der Waals surface area contributed by atoms with E-state index < -0.39 is 0 Å². The quantitative estimate of drug-likeness (QED) is 0.848. The molecule has 5 heteroatoms. The summed E-state index contributed by atoms with van der Waals surface area (Å²) in [4.78, 5) is 17.6. The minimum Gasteiger partial charge on any atom is -0.346 e. The second-order valence-electron chi connectivity index (χ2n) is 4.31. The molecule has 4 nitrogen and oxygen atoms in total. The van der Waals surface area contributed by atoms with E-state index in [4.69, 9.17) is 5.73 Å². The molecule has 0 saturated heterocycles. The first-order chi connectivity index (χ1) is 10.3. The molecule has 21 heavy (non-hydrogen) atoms. The van der Waals surface area contributed by atoms with Crippen LogP contribution in [0, 0.1) is 11.8 Å². The van der Waals surface area contributed by atoms with Crippen molar-refractivity contribution in [2.75, 3.05) is 6.54 Å². The Kier molecular flexibility index (Phi) is 5.50. The van der Waals surface area contributed by atoms with Crippen LogP contribution in [0.4, 0.5) is 0 Å². The normalized spacial score (nSPS) is 9.81. The van der Waals surface area contributed by atoms with Gasteiger partial charge in [-0.2, -0.15) is 0 Å². The lowest BCUT2D eigenvalue weighted by Gasteiger charge is -2.06. The largest absolute Gasteiger partial charge is 0.346 e. The number of amides is 1. The lowest BCUT2D eigenvalue weighted by Crippen LogP contribution is -2.24. The fourth-order valence-corrected chi connectivity index (χ4v) is 2.83. The molecule has 2 aromatic heterocycles. The smallest absolute Gasteiger partial charge is 0.271 e. The number of nitrogens with zero attached hydrogens (tertiary/aromatic N) is 1. The third kappa shape index (κ3) is 3.91. The number of nitrogens with two attached hydrogens (primary N) is 1. The molecule has 2 aromatic rings. The zero-order valence-corrected chi connectivity index (χ0v) is 12.7. The van der Waals surface area contributed by atoms with Crippen molar-refractivity contribution < 1.29 is 4.79 Å². The van der Waals surface area contributed by atoms with Crippen LogP contribution in [-0.4, -0.2) is 17.4 Å². The molecule has 0 aliphatic heterocycles. The lowest BCUT2D eigenvalue weighted by molar-refractivity contribution is 0.0946. The molecule has 0 fully saturated rings. The van der Waals surface area contributed by atoms with E-state index in [1.807, 2.05) is 5.38 Å². The van der Waals surface area contributed by atoms with E-state index in [0.29, 0.717) is 17.8 Å². The molecule has 0 saturated carbocycles. The van der Waals surface area contributed by atoms with Gasteiger partial charge in [0.05, 0.1) is 18.7 Å². The fraction of sp³-hybridized carbons (Fsp3) is 0.250. The van der Waals surface area contributed by atoms with Crippen LogP contribution in [0.15, 0.2) is 29.8 Å². The number of aromatic nitrogens is 1. The average Bonchev–Trinajstić information content (AvgIpc) is 2.98. The number of hydrogen-bond acceptors (Lipinski definition) is 4. The molecule has 108 valence electrons. The molecule has 0 radical (unpaired) electrons. The van der Waals surface area contributed by atoms with E-state index in [9.17, 15) is 4.79 Å². The SMILES string of the molecule is CCc1ccsc1CNC(=O)c1ncccc1C#CCN. The van der Waals surface area contributed by atoms with Crippen LogP contribution < -0.4 is 11.1 Å². The molecule has 0 aliphatic rings. The van der Waals surface area contributed by atoms with Crippen molar-refractivity contribution in [2.45, 2.75) is 19.9 Å². The van der Waals surface area contributed by atoms with E-state index in [1.165, 1.54) is 10.4 Å². The summed E-state index contributed by atoms with van der Waals surface area (Å²) in [6.07, 6.45) is 2.55. The summed E-state index contributed by atoms with van der Waals surface area (Å²) in [7, 11) is 0. The molecule has 2 heterocycles.